The lowest BCUT2D eigenvalue weighted by Gasteiger charge is -2.12. The van der Waals surface area contributed by atoms with Crippen molar-refractivity contribution in [3.8, 4) is 0 Å². The highest BCUT2D eigenvalue weighted by atomic mass is 35.7. The Labute approximate surface area is 62.6 Å². The van der Waals surface area contributed by atoms with Gasteiger partial charge in [0.15, 0.2) is 0 Å². The summed E-state index contributed by atoms with van der Waals surface area (Å²) in [6.07, 6.45) is 0. The highest BCUT2D eigenvalue weighted by molar-refractivity contribution is 7.39. The number of hydrogen-bond acceptors (Lipinski definition) is 4. The Hall–Kier alpha value is 0.637. The molecule has 0 saturated heterocycles. The predicted octanol–water partition coefficient (Wildman–Crippen LogP) is -0.168. The van der Waals surface area contributed by atoms with Crippen molar-refractivity contribution in [3.05, 3.63) is 0 Å². The Kier molecular flexibility index (Phi) is 4.77. The molecule has 9 heavy (non-hydrogen) atoms. The molecule has 0 saturated carbocycles. The fourth-order valence-electron chi connectivity index (χ4n) is 0.192. The first-order chi connectivity index (χ1) is 4.12. The lowest BCUT2D eigenvalue weighted by atomic mass is 11.6. The molecule has 0 bridgehead atoms. The zero-order chi connectivity index (χ0) is 7.33. The van der Waals surface area contributed by atoms with Gasteiger partial charge in [0.1, 0.15) is 13.6 Å². The summed E-state index contributed by atoms with van der Waals surface area (Å²) in [5.41, 5.74) is 0. The van der Waals surface area contributed by atoms with Gasteiger partial charge in [-0.2, -0.15) is 0 Å². The maximum absolute atomic E-state index is 8.11. The molecule has 0 spiro atoms. The third-order valence-electron chi connectivity index (χ3n) is 0.465. The fourth-order valence-corrected chi connectivity index (χ4v) is 1.16. The van der Waals surface area contributed by atoms with Crippen molar-refractivity contribution >= 4 is 29.3 Å². The molecule has 0 radical (unpaired) electrons. The molecule has 0 aliphatic heterocycles. The van der Waals surface area contributed by atoms with E-state index in [1.165, 1.54) is 0 Å². The summed E-state index contributed by atoms with van der Waals surface area (Å²) in [6.45, 7) is -1.22. The van der Waals surface area contributed by atoms with Crippen molar-refractivity contribution in [2.24, 2.45) is 0 Å². The highest BCUT2D eigenvalue weighted by Gasteiger charge is 2.33. The average Bonchev–Trinajstić information content (AvgIpc) is 1.64. The van der Waals surface area contributed by atoms with Crippen LogP contribution in [0.5, 0.6) is 0 Å². The van der Waals surface area contributed by atoms with Gasteiger partial charge in [-0.1, -0.05) is 22.2 Å². The summed E-state index contributed by atoms with van der Waals surface area (Å²) in [5.74, 6) is 0. The molecule has 0 fully saturated rings. The number of hydrogen-bond donors (Lipinski definition) is 2. The topological polar surface area (TPSA) is 58.9 Å². The molecule has 0 aliphatic carbocycles. The van der Waals surface area contributed by atoms with Crippen LogP contribution in [0.15, 0.2) is 0 Å². The first-order valence-electron chi connectivity index (χ1n) is 2.00. The van der Waals surface area contributed by atoms with E-state index in [2.05, 4.69) is 8.85 Å². The van der Waals surface area contributed by atoms with Gasteiger partial charge in [0, 0.05) is 0 Å². The van der Waals surface area contributed by atoms with E-state index in [0.717, 1.165) is 0 Å². The maximum Gasteiger partial charge on any atom is 0.554 e. The minimum atomic E-state index is -3.26. The SMILES string of the molecule is OCO[Si](Cl)(Cl)OCO. The van der Waals surface area contributed by atoms with Gasteiger partial charge in [-0.3, -0.25) is 0 Å². The molecular weight excluding hydrogens is 187 g/mol. The van der Waals surface area contributed by atoms with Crippen LogP contribution in [0.1, 0.15) is 0 Å². The number of aliphatic hydroxyl groups excluding tert-OH is 2. The van der Waals surface area contributed by atoms with E-state index in [4.69, 9.17) is 32.4 Å². The van der Waals surface area contributed by atoms with Crippen LogP contribution < -0.4 is 0 Å². The molecule has 0 atom stereocenters. The smallest absolute Gasteiger partial charge is 0.372 e. The zero-order valence-electron chi connectivity index (χ0n) is 4.38. The minimum Gasteiger partial charge on any atom is -0.372 e. The second kappa shape index (κ2) is 4.45. The van der Waals surface area contributed by atoms with Crippen LogP contribution in [-0.2, 0) is 8.85 Å². The molecule has 0 amide bonds. The molecule has 2 N–H and O–H groups in total. The summed E-state index contributed by atoms with van der Waals surface area (Å²) in [4.78, 5) is 0. The van der Waals surface area contributed by atoms with E-state index in [0.29, 0.717) is 0 Å². The van der Waals surface area contributed by atoms with Crippen LogP contribution in [0.3, 0.4) is 0 Å². The van der Waals surface area contributed by atoms with Crippen LogP contribution in [0.25, 0.3) is 0 Å². The molecule has 0 aromatic heterocycles. The second-order valence-electron chi connectivity index (χ2n) is 1.01. The molecule has 0 unspecified atom stereocenters. The lowest BCUT2D eigenvalue weighted by molar-refractivity contribution is 0.0314. The van der Waals surface area contributed by atoms with Crippen LogP contribution in [0.2, 0.25) is 0 Å². The summed E-state index contributed by atoms with van der Waals surface area (Å²) >= 11 is 10.6. The molecule has 0 aromatic carbocycles. The van der Waals surface area contributed by atoms with E-state index in [-0.39, 0.29) is 0 Å². The van der Waals surface area contributed by atoms with Crippen molar-refractivity contribution in [2.75, 3.05) is 13.6 Å². The summed E-state index contributed by atoms with van der Waals surface area (Å²) < 4.78 is 8.63. The van der Waals surface area contributed by atoms with Crippen LogP contribution in [-0.4, -0.2) is 31.0 Å². The van der Waals surface area contributed by atoms with Gasteiger partial charge < -0.3 is 19.1 Å². The van der Waals surface area contributed by atoms with Crippen LogP contribution >= 0.6 is 22.2 Å². The third kappa shape index (κ3) is 5.10. The Morgan fingerprint density at radius 1 is 1.11 bits per heavy atom. The monoisotopic (exact) mass is 192 g/mol. The summed E-state index contributed by atoms with van der Waals surface area (Å²) in [5, 5.41) is 16.2. The molecule has 7 heteroatoms. The largest absolute Gasteiger partial charge is 0.554 e. The lowest BCUT2D eigenvalue weighted by Crippen LogP contribution is -2.30. The molecule has 4 nitrogen and oxygen atoms in total. The summed E-state index contributed by atoms with van der Waals surface area (Å²) in [6, 6.07) is 0. The van der Waals surface area contributed by atoms with Crippen LogP contribution in [0.4, 0.5) is 0 Å². The van der Waals surface area contributed by atoms with Crippen molar-refractivity contribution in [1.29, 1.82) is 0 Å². The van der Waals surface area contributed by atoms with Gasteiger partial charge >= 0.3 is 7.18 Å². The van der Waals surface area contributed by atoms with Gasteiger partial charge in [0.05, 0.1) is 0 Å². The normalized spacial score (nSPS) is 12.0. The molecule has 0 heterocycles. The zero-order valence-corrected chi connectivity index (χ0v) is 6.89. The second-order valence-corrected chi connectivity index (χ2v) is 6.08. The van der Waals surface area contributed by atoms with Gasteiger partial charge in [-0.05, 0) is 0 Å². The molecular formula is C2H6Cl2O4Si. The van der Waals surface area contributed by atoms with Crippen molar-refractivity contribution in [3.63, 3.8) is 0 Å². The van der Waals surface area contributed by atoms with E-state index < -0.39 is 20.8 Å². The van der Waals surface area contributed by atoms with Gasteiger partial charge in [0.25, 0.3) is 0 Å². The molecule has 0 aromatic rings. The Balaban J connectivity index is 3.43. The van der Waals surface area contributed by atoms with Crippen molar-refractivity contribution in [2.45, 2.75) is 0 Å². The summed E-state index contributed by atoms with van der Waals surface area (Å²) in [7, 11) is -3.26. The first kappa shape index (κ1) is 9.64. The van der Waals surface area contributed by atoms with Gasteiger partial charge in [-0.15, -0.1) is 0 Å². The Bertz CT molecular complexity index is 71.0. The number of halogens is 2. The molecule has 56 valence electrons. The quantitative estimate of drug-likeness (QED) is 0.369. The first-order valence-corrected chi connectivity index (χ1v) is 5.84. The minimum absolute atomic E-state index is 0.612. The fraction of sp³-hybridized carbons (Fsp3) is 1.00. The molecule has 0 aliphatic rings. The van der Waals surface area contributed by atoms with E-state index >= 15 is 0 Å². The Morgan fingerprint density at radius 2 is 1.44 bits per heavy atom. The number of rotatable bonds is 4. The standard InChI is InChI=1S/C2H6Cl2O4Si/c3-9(4,7-1-5)8-2-6/h5-6H,1-2H2. The highest BCUT2D eigenvalue weighted by Crippen LogP contribution is 2.16. The van der Waals surface area contributed by atoms with E-state index in [9.17, 15) is 0 Å². The van der Waals surface area contributed by atoms with E-state index in [1.54, 1.807) is 0 Å². The van der Waals surface area contributed by atoms with Crippen LogP contribution in [0, 0.1) is 0 Å². The van der Waals surface area contributed by atoms with Crippen molar-refractivity contribution in [1.82, 2.24) is 0 Å². The maximum atomic E-state index is 8.11. The Morgan fingerprint density at radius 3 is 1.67 bits per heavy atom. The van der Waals surface area contributed by atoms with Gasteiger partial charge in [-0.25, -0.2) is 0 Å². The third-order valence-corrected chi connectivity index (χ3v) is 2.70. The van der Waals surface area contributed by atoms with E-state index in [1.807, 2.05) is 0 Å². The van der Waals surface area contributed by atoms with Gasteiger partial charge in [0.2, 0.25) is 0 Å². The average molecular weight is 193 g/mol. The number of aliphatic hydroxyl groups is 2. The predicted molar refractivity (Wildman–Crippen MR) is 33.8 cm³/mol. The molecule has 0 rings (SSSR count). The van der Waals surface area contributed by atoms with Crippen molar-refractivity contribution < 1.29 is 19.1 Å².